The van der Waals surface area contributed by atoms with Crippen molar-refractivity contribution in [3.8, 4) is 22.4 Å². The second-order valence-corrected chi connectivity index (χ2v) is 16.9. The summed E-state index contributed by atoms with van der Waals surface area (Å²) in [6.07, 6.45) is 1.13. The Morgan fingerprint density at radius 3 is 2.09 bits per heavy atom. The third kappa shape index (κ3) is 4.73. The van der Waals surface area contributed by atoms with Gasteiger partial charge >= 0.3 is 0 Å². The Hall–Kier alpha value is -2.71. The van der Waals surface area contributed by atoms with E-state index >= 15 is 0 Å². The molecule has 0 bridgehead atoms. The molecule has 3 aromatic carbocycles. The monoisotopic (exact) mass is 480 g/mol. The minimum absolute atomic E-state index is 0.660. The van der Waals surface area contributed by atoms with Crippen molar-refractivity contribution in [2.24, 2.45) is 13.0 Å². The van der Waals surface area contributed by atoms with E-state index in [0.29, 0.717) is 5.92 Å². The average molecular weight is 481 g/mol. The highest BCUT2D eigenvalue weighted by Gasteiger charge is 2.28. The van der Waals surface area contributed by atoms with E-state index in [1.165, 1.54) is 61.1 Å². The van der Waals surface area contributed by atoms with Crippen LogP contribution in [0.4, 0.5) is 0 Å². The number of fused-ring (bicyclic) bond motifs is 1. The molecule has 4 rings (SSSR count). The summed E-state index contributed by atoms with van der Waals surface area (Å²) in [4.78, 5) is 0. The lowest BCUT2D eigenvalue weighted by Crippen LogP contribution is -2.43. The average Bonchev–Trinajstić information content (AvgIpc) is 2.77. The van der Waals surface area contributed by atoms with E-state index in [2.05, 4.69) is 127 Å². The summed E-state index contributed by atoms with van der Waals surface area (Å²) >= 11 is 0. The van der Waals surface area contributed by atoms with E-state index in [-0.39, 0.29) is 0 Å². The summed E-state index contributed by atoms with van der Waals surface area (Å²) < 4.78 is 2.44. The molecular formula is C33H42NSi+. The van der Waals surface area contributed by atoms with Crippen molar-refractivity contribution < 1.29 is 4.57 Å². The lowest BCUT2D eigenvalue weighted by Gasteiger charge is -2.22. The fourth-order valence-corrected chi connectivity index (χ4v) is 7.15. The highest BCUT2D eigenvalue weighted by Crippen LogP contribution is 2.37. The zero-order valence-corrected chi connectivity index (χ0v) is 24.4. The van der Waals surface area contributed by atoms with Gasteiger partial charge in [0.05, 0.1) is 13.6 Å². The smallest absolute Gasteiger partial charge is 0.194 e. The van der Waals surface area contributed by atoms with Gasteiger partial charge in [-0.25, -0.2) is 0 Å². The van der Waals surface area contributed by atoms with Crippen LogP contribution in [0.2, 0.25) is 19.6 Å². The molecule has 35 heavy (non-hydrogen) atoms. The van der Waals surface area contributed by atoms with Gasteiger partial charge in [0.1, 0.15) is 7.05 Å². The van der Waals surface area contributed by atoms with Gasteiger partial charge in [-0.15, -0.1) is 0 Å². The molecule has 0 saturated carbocycles. The van der Waals surface area contributed by atoms with Crippen LogP contribution in [0, 0.1) is 33.6 Å². The molecule has 0 N–H and O–H groups in total. The number of benzene rings is 3. The molecule has 0 unspecified atom stereocenters. The van der Waals surface area contributed by atoms with Crippen LogP contribution in [0.1, 0.15) is 41.7 Å². The number of hydrogen-bond acceptors (Lipinski definition) is 0. The topological polar surface area (TPSA) is 3.88 Å². The third-order valence-electron chi connectivity index (χ3n) is 7.60. The summed E-state index contributed by atoms with van der Waals surface area (Å²) in [6, 6.07) is 20.9. The largest absolute Gasteiger partial charge is 0.213 e. The van der Waals surface area contributed by atoms with Crippen molar-refractivity contribution in [1.29, 1.82) is 0 Å². The Morgan fingerprint density at radius 2 is 1.46 bits per heavy atom. The van der Waals surface area contributed by atoms with Crippen LogP contribution in [0.5, 0.6) is 0 Å². The lowest BCUT2D eigenvalue weighted by molar-refractivity contribution is -0.633. The van der Waals surface area contributed by atoms with Gasteiger partial charge in [-0.3, -0.25) is 0 Å². The maximum absolute atomic E-state index is 2.53. The molecule has 0 radical (unpaired) electrons. The first kappa shape index (κ1) is 25.4. The number of aromatic nitrogens is 1. The van der Waals surface area contributed by atoms with E-state index in [4.69, 9.17) is 0 Å². The number of rotatable bonds is 5. The minimum Gasteiger partial charge on any atom is -0.194 e. The number of aryl methyl sites for hydroxylation is 3. The van der Waals surface area contributed by atoms with Crippen molar-refractivity contribution >= 4 is 24.2 Å². The summed E-state index contributed by atoms with van der Waals surface area (Å²) in [5.74, 6) is 0.660. The molecule has 1 nitrogen and oxygen atoms in total. The molecule has 0 aliphatic rings. The first-order valence-electron chi connectivity index (χ1n) is 13.0. The molecule has 1 heterocycles. The summed E-state index contributed by atoms with van der Waals surface area (Å²) in [5, 5.41) is 3.00. The molecule has 0 atom stereocenters. The molecule has 0 amide bonds. The Morgan fingerprint density at radius 1 is 0.771 bits per heavy atom. The van der Waals surface area contributed by atoms with Crippen LogP contribution in [-0.4, -0.2) is 8.07 Å². The lowest BCUT2D eigenvalue weighted by atomic mass is 9.87. The standard InChI is InChI=1S/C33H42NSi/c1-21(2)17-26-15-16-30-29(19-26)32(35(8,9)10)20-31(34(30)7)33-24(5)23(4)18-28(25(33)6)27-14-12-11-13-22(27)3/h11-16,18-21H,17H2,1-10H3/q+1. The van der Waals surface area contributed by atoms with Gasteiger partial charge in [0.2, 0.25) is 11.2 Å². The van der Waals surface area contributed by atoms with Gasteiger partial charge in [-0.05, 0) is 90.2 Å². The number of hydrogen-bond donors (Lipinski definition) is 0. The van der Waals surface area contributed by atoms with Crippen LogP contribution in [0.15, 0.2) is 54.6 Å². The summed E-state index contributed by atoms with van der Waals surface area (Å²) in [6.45, 7) is 21.2. The van der Waals surface area contributed by atoms with E-state index in [0.717, 1.165) is 6.42 Å². The van der Waals surface area contributed by atoms with Crippen molar-refractivity contribution in [2.75, 3.05) is 0 Å². The molecule has 0 fully saturated rings. The van der Waals surface area contributed by atoms with Crippen LogP contribution >= 0.6 is 0 Å². The maximum atomic E-state index is 2.53. The van der Waals surface area contributed by atoms with Gasteiger partial charge in [-0.2, -0.15) is 4.57 Å². The molecule has 4 aromatic rings. The fraction of sp³-hybridized carbons (Fsp3) is 0.364. The molecular weight excluding hydrogens is 438 g/mol. The van der Waals surface area contributed by atoms with Crippen molar-refractivity contribution in [2.45, 2.75) is 67.6 Å². The first-order chi connectivity index (χ1) is 16.4. The van der Waals surface area contributed by atoms with E-state index in [1.54, 1.807) is 5.19 Å². The summed E-state index contributed by atoms with van der Waals surface area (Å²) in [5.41, 5.74) is 13.6. The molecule has 1 aromatic heterocycles. The minimum atomic E-state index is -1.60. The van der Waals surface area contributed by atoms with Crippen LogP contribution in [0.25, 0.3) is 33.3 Å². The predicted molar refractivity (Wildman–Crippen MR) is 156 cm³/mol. The highest BCUT2D eigenvalue weighted by atomic mass is 28.3. The normalized spacial score (nSPS) is 12.1. The maximum Gasteiger partial charge on any atom is 0.213 e. The van der Waals surface area contributed by atoms with Gasteiger partial charge in [0.15, 0.2) is 0 Å². The molecule has 2 heteroatoms. The van der Waals surface area contributed by atoms with E-state index < -0.39 is 8.07 Å². The van der Waals surface area contributed by atoms with Crippen molar-refractivity contribution in [1.82, 2.24) is 0 Å². The Bertz CT molecular complexity index is 1420. The molecule has 0 spiro atoms. The molecule has 0 aliphatic heterocycles. The Kier molecular flexibility index (Phi) is 6.81. The Labute approximate surface area is 213 Å². The van der Waals surface area contributed by atoms with Crippen molar-refractivity contribution in [3.63, 3.8) is 0 Å². The SMILES string of the molecule is Cc1ccccc1-c1cc(C)c(C)c(-c2cc([Si](C)(C)C)c3cc(CC(C)C)ccc3[n+]2C)c1C. The van der Waals surface area contributed by atoms with Gasteiger partial charge in [0.25, 0.3) is 0 Å². The predicted octanol–water partition coefficient (Wildman–Crippen LogP) is 7.98. The first-order valence-corrected chi connectivity index (χ1v) is 16.5. The van der Waals surface area contributed by atoms with Crippen LogP contribution in [-0.2, 0) is 13.5 Å². The molecule has 0 aliphatic carbocycles. The zero-order chi connectivity index (χ0) is 25.7. The van der Waals surface area contributed by atoms with Gasteiger partial charge in [-0.1, -0.05) is 69.9 Å². The van der Waals surface area contributed by atoms with Crippen molar-refractivity contribution in [3.05, 3.63) is 82.4 Å². The van der Waals surface area contributed by atoms with Crippen LogP contribution in [0.3, 0.4) is 0 Å². The summed E-state index contributed by atoms with van der Waals surface area (Å²) in [7, 11) is 0.656. The van der Waals surface area contributed by atoms with Gasteiger partial charge < -0.3 is 0 Å². The van der Waals surface area contributed by atoms with Gasteiger partial charge in [0, 0.05) is 17.5 Å². The van der Waals surface area contributed by atoms with Crippen LogP contribution < -0.4 is 9.75 Å². The third-order valence-corrected chi connectivity index (χ3v) is 9.63. The van der Waals surface area contributed by atoms with E-state index in [1.807, 2.05) is 0 Å². The Balaban J connectivity index is 2.07. The molecule has 182 valence electrons. The molecule has 0 saturated heterocycles. The number of nitrogens with zero attached hydrogens (tertiary/aromatic N) is 1. The zero-order valence-electron chi connectivity index (χ0n) is 23.4. The second kappa shape index (κ2) is 9.39. The fourth-order valence-electron chi connectivity index (χ4n) is 5.58. The highest BCUT2D eigenvalue weighted by molar-refractivity contribution is 6.90. The quantitative estimate of drug-likeness (QED) is 0.201. The number of pyridine rings is 1. The van der Waals surface area contributed by atoms with E-state index in [9.17, 15) is 0 Å². The second-order valence-electron chi connectivity index (χ2n) is 11.9.